The number of hydrogen-bond donors (Lipinski definition) is 1. The Morgan fingerprint density at radius 1 is 1.50 bits per heavy atom. The summed E-state index contributed by atoms with van der Waals surface area (Å²) < 4.78 is 6.51. The molecule has 6 nitrogen and oxygen atoms in total. The Bertz CT molecular complexity index is 553. The normalized spacial score (nSPS) is 11.9. The van der Waals surface area contributed by atoms with Crippen LogP contribution in [0.2, 0.25) is 0 Å². The summed E-state index contributed by atoms with van der Waals surface area (Å²) in [6, 6.07) is 5.40. The van der Waals surface area contributed by atoms with Crippen LogP contribution in [0.5, 0.6) is 0 Å². The van der Waals surface area contributed by atoms with E-state index in [-0.39, 0.29) is 12.0 Å². The van der Waals surface area contributed by atoms with Gasteiger partial charge in [0.25, 0.3) is 0 Å². The van der Waals surface area contributed by atoms with Crippen LogP contribution >= 0.6 is 0 Å². The van der Waals surface area contributed by atoms with Crippen LogP contribution in [0.1, 0.15) is 19.0 Å². The van der Waals surface area contributed by atoms with E-state index in [1.54, 1.807) is 17.1 Å². The van der Waals surface area contributed by atoms with Gasteiger partial charge < -0.3 is 10.1 Å². The van der Waals surface area contributed by atoms with Crippen LogP contribution < -0.4 is 5.32 Å². The molecule has 0 bridgehead atoms. The first kappa shape index (κ1) is 14.0. The number of aromatic nitrogens is 3. The van der Waals surface area contributed by atoms with E-state index < -0.39 is 0 Å². The van der Waals surface area contributed by atoms with Crippen LogP contribution in [-0.4, -0.2) is 33.9 Å². The van der Waals surface area contributed by atoms with Crippen molar-refractivity contribution in [3.8, 4) is 0 Å². The Balaban J connectivity index is 2.00. The van der Waals surface area contributed by atoms with Crippen molar-refractivity contribution in [2.24, 2.45) is 0 Å². The summed E-state index contributed by atoms with van der Waals surface area (Å²) in [6.45, 7) is 2.52. The topological polar surface area (TPSA) is 69.0 Å². The maximum Gasteiger partial charge on any atom is 0.328 e. The molecule has 2 heterocycles. The summed E-state index contributed by atoms with van der Waals surface area (Å²) in [7, 11) is 1.39. The van der Waals surface area contributed by atoms with Gasteiger partial charge in [0, 0.05) is 12.4 Å². The number of carbonyl (C=O) groups is 1. The zero-order valence-electron chi connectivity index (χ0n) is 11.6. The number of esters is 1. The number of methoxy groups -OCH3 is 1. The second kappa shape index (κ2) is 6.70. The molecule has 1 atom stereocenters. The average Bonchev–Trinajstić information content (AvgIpc) is 2.92. The lowest BCUT2D eigenvalue weighted by Crippen LogP contribution is -2.29. The third kappa shape index (κ3) is 3.57. The molecule has 0 saturated heterocycles. The first-order chi connectivity index (χ1) is 9.72. The number of ether oxygens (including phenoxy) is 1. The molecule has 106 valence electrons. The first-order valence-electron chi connectivity index (χ1n) is 6.49. The zero-order chi connectivity index (χ0) is 14.4. The van der Waals surface area contributed by atoms with Gasteiger partial charge in [0.2, 0.25) is 0 Å². The van der Waals surface area contributed by atoms with E-state index in [1.807, 2.05) is 31.3 Å². The SMILES string of the molecule is CCC(Nc1cnn(Cc2ccccn2)c1)C(=O)OC. The van der Waals surface area contributed by atoms with Gasteiger partial charge in [-0.3, -0.25) is 9.67 Å². The summed E-state index contributed by atoms with van der Waals surface area (Å²) in [4.78, 5) is 15.8. The predicted molar refractivity (Wildman–Crippen MR) is 75.3 cm³/mol. The first-order valence-corrected chi connectivity index (χ1v) is 6.49. The van der Waals surface area contributed by atoms with E-state index in [9.17, 15) is 4.79 Å². The predicted octanol–water partition coefficient (Wildman–Crippen LogP) is 1.69. The van der Waals surface area contributed by atoms with Crippen LogP contribution in [0.25, 0.3) is 0 Å². The number of carbonyl (C=O) groups excluding carboxylic acids is 1. The van der Waals surface area contributed by atoms with Gasteiger partial charge in [-0.25, -0.2) is 4.79 Å². The highest BCUT2D eigenvalue weighted by Gasteiger charge is 2.17. The standard InChI is InChI=1S/C14H18N4O2/c1-3-13(14(19)20-2)17-12-8-16-18(10-12)9-11-6-4-5-7-15-11/h4-8,10,13,17H,3,9H2,1-2H3. The van der Waals surface area contributed by atoms with Gasteiger partial charge in [-0.1, -0.05) is 13.0 Å². The highest BCUT2D eigenvalue weighted by molar-refractivity contribution is 5.78. The molecule has 0 aromatic carbocycles. The highest BCUT2D eigenvalue weighted by atomic mass is 16.5. The van der Waals surface area contributed by atoms with Crippen molar-refractivity contribution >= 4 is 11.7 Å². The fraction of sp³-hybridized carbons (Fsp3) is 0.357. The van der Waals surface area contributed by atoms with Gasteiger partial charge in [0.15, 0.2) is 0 Å². The second-order valence-electron chi connectivity index (χ2n) is 4.38. The summed E-state index contributed by atoms with van der Waals surface area (Å²) >= 11 is 0. The number of pyridine rings is 1. The Morgan fingerprint density at radius 3 is 3.00 bits per heavy atom. The van der Waals surface area contributed by atoms with Crippen molar-refractivity contribution in [1.29, 1.82) is 0 Å². The molecule has 1 N–H and O–H groups in total. The molecule has 0 saturated carbocycles. The molecule has 0 aliphatic rings. The number of nitrogens with zero attached hydrogens (tertiary/aromatic N) is 3. The lowest BCUT2D eigenvalue weighted by atomic mass is 10.2. The van der Waals surface area contributed by atoms with Crippen molar-refractivity contribution in [2.45, 2.75) is 25.9 Å². The summed E-state index contributed by atoms with van der Waals surface area (Å²) in [5.74, 6) is -0.273. The zero-order valence-corrected chi connectivity index (χ0v) is 11.6. The van der Waals surface area contributed by atoms with Gasteiger partial charge in [0.1, 0.15) is 6.04 Å². The van der Waals surface area contributed by atoms with E-state index in [4.69, 9.17) is 4.74 Å². The average molecular weight is 274 g/mol. The van der Waals surface area contributed by atoms with Gasteiger partial charge >= 0.3 is 5.97 Å². The molecular weight excluding hydrogens is 256 g/mol. The molecule has 20 heavy (non-hydrogen) atoms. The molecule has 2 aromatic rings. The van der Waals surface area contributed by atoms with Crippen LogP contribution in [0.4, 0.5) is 5.69 Å². The maximum absolute atomic E-state index is 11.5. The van der Waals surface area contributed by atoms with Gasteiger partial charge in [-0.05, 0) is 18.6 Å². The number of hydrogen-bond acceptors (Lipinski definition) is 5. The Hall–Kier alpha value is -2.37. The van der Waals surface area contributed by atoms with Gasteiger partial charge in [-0.2, -0.15) is 5.10 Å². The monoisotopic (exact) mass is 274 g/mol. The molecule has 0 aliphatic heterocycles. The smallest absolute Gasteiger partial charge is 0.328 e. The second-order valence-corrected chi connectivity index (χ2v) is 4.38. The van der Waals surface area contributed by atoms with Crippen LogP contribution in [0.15, 0.2) is 36.8 Å². The molecule has 0 fully saturated rings. The lowest BCUT2D eigenvalue weighted by Gasteiger charge is -2.13. The fourth-order valence-corrected chi connectivity index (χ4v) is 1.85. The van der Waals surface area contributed by atoms with Crippen LogP contribution in [0.3, 0.4) is 0 Å². The minimum atomic E-state index is -0.354. The molecule has 0 radical (unpaired) electrons. The molecule has 2 rings (SSSR count). The van der Waals surface area contributed by atoms with Crippen molar-refractivity contribution in [2.75, 3.05) is 12.4 Å². The minimum Gasteiger partial charge on any atom is -0.467 e. The van der Waals surface area contributed by atoms with E-state index in [1.165, 1.54) is 7.11 Å². The Kier molecular flexibility index (Phi) is 4.70. The van der Waals surface area contributed by atoms with Crippen molar-refractivity contribution in [3.63, 3.8) is 0 Å². The minimum absolute atomic E-state index is 0.273. The molecule has 0 aliphatic carbocycles. The van der Waals surface area contributed by atoms with Crippen molar-refractivity contribution in [3.05, 3.63) is 42.5 Å². The van der Waals surface area contributed by atoms with Crippen LogP contribution in [0, 0.1) is 0 Å². The lowest BCUT2D eigenvalue weighted by molar-refractivity contribution is -0.141. The number of anilines is 1. The van der Waals surface area contributed by atoms with E-state index in [2.05, 4.69) is 15.4 Å². The maximum atomic E-state index is 11.5. The highest BCUT2D eigenvalue weighted by Crippen LogP contribution is 2.10. The molecule has 0 amide bonds. The number of nitrogens with one attached hydrogen (secondary N) is 1. The molecule has 2 aromatic heterocycles. The van der Waals surface area contributed by atoms with Crippen molar-refractivity contribution < 1.29 is 9.53 Å². The number of rotatable bonds is 6. The molecular formula is C14H18N4O2. The Labute approximate surface area is 117 Å². The molecule has 0 spiro atoms. The molecule has 6 heteroatoms. The van der Waals surface area contributed by atoms with Gasteiger partial charge in [-0.15, -0.1) is 0 Å². The summed E-state index contributed by atoms with van der Waals surface area (Å²) in [5.41, 5.74) is 1.72. The third-order valence-corrected chi connectivity index (χ3v) is 2.92. The fourth-order valence-electron chi connectivity index (χ4n) is 1.85. The van der Waals surface area contributed by atoms with Crippen LogP contribution in [-0.2, 0) is 16.1 Å². The van der Waals surface area contributed by atoms with E-state index in [0.717, 1.165) is 11.4 Å². The largest absolute Gasteiger partial charge is 0.467 e. The summed E-state index contributed by atoms with van der Waals surface area (Å²) in [6.07, 6.45) is 5.94. The summed E-state index contributed by atoms with van der Waals surface area (Å²) in [5, 5.41) is 7.35. The quantitative estimate of drug-likeness (QED) is 0.812. The van der Waals surface area contributed by atoms with E-state index in [0.29, 0.717) is 13.0 Å². The van der Waals surface area contributed by atoms with Crippen molar-refractivity contribution in [1.82, 2.24) is 14.8 Å². The third-order valence-electron chi connectivity index (χ3n) is 2.92. The van der Waals surface area contributed by atoms with Gasteiger partial charge in [0.05, 0.1) is 31.2 Å². The molecule has 1 unspecified atom stereocenters. The Morgan fingerprint density at radius 2 is 2.35 bits per heavy atom. The van der Waals surface area contributed by atoms with E-state index >= 15 is 0 Å².